The van der Waals surface area contributed by atoms with Gasteiger partial charge in [0, 0.05) is 0 Å². The van der Waals surface area contributed by atoms with Crippen molar-refractivity contribution in [1.82, 2.24) is 0 Å². The summed E-state index contributed by atoms with van der Waals surface area (Å²) in [4.78, 5) is 0. The Hall–Kier alpha value is -1.81. The van der Waals surface area contributed by atoms with Crippen molar-refractivity contribution in [2.24, 2.45) is 17.8 Å². The van der Waals surface area contributed by atoms with Gasteiger partial charge in [-0.3, -0.25) is 0 Å². The third-order valence-electron chi connectivity index (χ3n) is 7.41. The Labute approximate surface area is 177 Å². The summed E-state index contributed by atoms with van der Waals surface area (Å²) >= 11 is 0. The molecule has 4 rings (SSSR count). The second kappa shape index (κ2) is 9.55. The molecule has 0 radical (unpaired) electrons. The lowest BCUT2D eigenvalue weighted by Crippen LogP contribution is -2.27. The molecule has 2 aliphatic carbocycles. The summed E-state index contributed by atoms with van der Waals surface area (Å²) < 4.78 is 40.1. The number of aryl methyl sites for hydroxylation is 1. The van der Waals surface area contributed by atoms with Crippen molar-refractivity contribution in [3.63, 3.8) is 0 Å². The molecule has 2 saturated carbocycles. The molecule has 2 aromatic rings. The first-order valence-electron chi connectivity index (χ1n) is 11.4. The predicted molar refractivity (Wildman–Crippen MR) is 113 cm³/mol. The predicted octanol–water partition coefficient (Wildman–Crippen LogP) is 7.06. The molecule has 2 aliphatic rings. The van der Waals surface area contributed by atoms with Gasteiger partial charge in [0.25, 0.3) is 0 Å². The molecule has 1 nitrogen and oxygen atoms in total. The van der Waals surface area contributed by atoms with Crippen molar-refractivity contribution in [3.8, 4) is 11.1 Å². The maximum atomic E-state index is 13.5. The molecule has 2 aromatic carbocycles. The maximum Gasteiger partial charge on any atom is 0.194 e. The van der Waals surface area contributed by atoms with Crippen LogP contribution in [0.15, 0.2) is 36.4 Å². The second-order valence-corrected chi connectivity index (χ2v) is 9.34. The van der Waals surface area contributed by atoms with E-state index in [1.54, 1.807) is 0 Å². The largest absolute Gasteiger partial charge is 0.393 e. The quantitative estimate of drug-likeness (QED) is 0.517. The van der Waals surface area contributed by atoms with Gasteiger partial charge in [-0.1, -0.05) is 37.1 Å². The minimum Gasteiger partial charge on any atom is -0.393 e. The lowest BCUT2D eigenvalue weighted by atomic mass is 9.70. The van der Waals surface area contributed by atoms with Crippen LogP contribution in [0.3, 0.4) is 0 Å². The summed E-state index contributed by atoms with van der Waals surface area (Å²) in [6, 6.07) is 9.81. The highest BCUT2D eigenvalue weighted by molar-refractivity contribution is 5.63. The van der Waals surface area contributed by atoms with Crippen molar-refractivity contribution in [1.29, 1.82) is 0 Å². The van der Waals surface area contributed by atoms with E-state index in [2.05, 4.69) is 0 Å². The second-order valence-electron chi connectivity index (χ2n) is 9.34. The third kappa shape index (κ3) is 5.08. The smallest absolute Gasteiger partial charge is 0.194 e. The Morgan fingerprint density at radius 1 is 0.700 bits per heavy atom. The molecule has 0 unspecified atom stereocenters. The van der Waals surface area contributed by atoms with Gasteiger partial charge in [0.15, 0.2) is 17.5 Å². The standard InChI is InChI=1S/C26H31F3O/c27-24-15-22(16-25(28)26(24)29)21-9-5-18(6-10-21)2-1-17-3-7-19(8-4-17)20-11-13-23(30)14-12-20/h5-6,9-10,15-17,19-20,23,30H,1-4,7-8,11-14H2. The van der Waals surface area contributed by atoms with Gasteiger partial charge >= 0.3 is 0 Å². The van der Waals surface area contributed by atoms with Gasteiger partial charge in [-0.05, 0) is 97.9 Å². The molecule has 0 aliphatic heterocycles. The summed E-state index contributed by atoms with van der Waals surface area (Å²) in [6.07, 6.45) is 11.7. The van der Waals surface area contributed by atoms with Gasteiger partial charge in [0.2, 0.25) is 0 Å². The molecule has 2 fully saturated rings. The van der Waals surface area contributed by atoms with E-state index in [1.165, 1.54) is 50.5 Å². The Balaban J connectivity index is 1.26. The SMILES string of the molecule is OC1CCC(C2CCC(CCc3ccc(-c4cc(F)c(F)c(F)c4)cc3)CC2)CC1. The van der Waals surface area contributed by atoms with Crippen LogP contribution < -0.4 is 0 Å². The number of halogens is 3. The number of hydrogen-bond donors (Lipinski definition) is 1. The van der Waals surface area contributed by atoms with Crippen molar-refractivity contribution in [3.05, 3.63) is 59.4 Å². The Morgan fingerprint density at radius 3 is 1.80 bits per heavy atom. The lowest BCUT2D eigenvalue weighted by molar-refractivity contribution is 0.0765. The molecule has 0 bridgehead atoms. The zero-order chi connectivity index (χ0) is 21.1. The van der Waals surface area contributed by atoms with E-state index >= 15 is 0 Å². The number of aliphatic hydroxyl groups is 1. The first kappa shape index (κ1) is 21.4. The van der Waals surface area contributed by atoms with E-state index in [0.29, 0.717) is 11.1 Å². The van der Waals surface area contributed by atoms with Gasteiger partial charge in [0.05, 0.1) is 6.10 Å². The van der Waals surface area contributed by atoms with Gasteiger partial charge in [-0.15, -0.1) is 0 Å². The molecule has 0 spiro atoms. The molecule has 0 aromatic heterocycles. The lowest BCUT2D eigenvalue weighted by Gasteiger charge is -2.37. The summed E-state index contributed by atoms with van der Waals surface area (Å²) in [5, 5.41) is 9.71. The molecule has 1 N–H and O–H groups in total. The van der Waals surface area contributed by atoms with Crippen LogP contribution in [0.1, 0.15) is 63.4 Å². The van der Waals surface area contributed by atoms with Gasteiger partial charge in [-0.2, -0.15) is 0 Å². The van der Waals surface area contributed by atoms with Crippen molar-refractivity contribution >= 4 is 0 Å². The van der Waals surface area contributed by atoms with E-state index in [0.717, 1.165) is 49.1 Å². The van der Waals surface area contributed by atoms with Crippen LogP contribution >= 0.6 is 0 Å². The fourth-order valence-corrected chi connectivity index (χ4v) is 5.48. The number of aliphatic hydroxyl groups excluding tert-OH is 1. The van der Waals surface area contributed by atoms with Crippen LogP contribution in [0.4, 0.5) is 13.2 Å². The van der Waals surface area contributed by atoms with Crippen LogP contribution in [0, 0.1) is 35.2 Å². The first-order valence-corrected chi connectivity index (χ1v) is 11.4. The summed E-state index contributed by atoms with van der Waals surface area (Å²) in [6.45, 7) is 0. The van der Waals surface area contributed by atoms with Crippen LogP contribution in [0.2, 0.25) is 0 Å². The minimum absolute atomic E-state index is 0.0647. The molecule has 0 heterocycles. The highest BCUT2D eigenvalue weighted by Gasteiger charge is 2.30. The van der Waals surface area contributed by atoms with Gasteiger partial charge in [0.1, 0.15) is 0 Å². The topological polar surface area (TPSA) is 20.2 Å². The van der Waals surface area contributed by atoms with Crippen LogP contribution in [0.5, 0.6) is 0 Å². The van der Waals surface area contributed by atoms with Crippen LogP contribution in [0.25, 0.3) is 11.1 Å². The Kier molecular flexibility index (Phi) is 6.82. The third-order valence-corrected chi connectivity index (χ3v) is 7.41. The van der Waals surface area contributed by atoms with Crippen molar-refractivity contribution in [2.75, 3.05) is 0 Å². The van der Waals surface area contributed by atoms with Gasteiger partial charge in [-0.25, -0.2) is 13.2 Å². The van der Waals surface area contributed by atoms with Crippen molar-refractivity contribution in [2.45, 2.75) is 70.3 Å². The van der Waals surface area contributed by atoms with E-state index in [9.17, 15) is 18.3 Å². The zero-order valence-corrected chi connectivity index (χ0v) is 17.4. The average molecular weight is 417 g/mol. The van der Waals surface area contributed by atoms with E-state index in [4.69, 9.17) is 0 Å². The Morgan fingerprint density at radius 2 is 1.23 bits per heavy atom. The summed E-state index contributed by atoms with van der Waals surface area (Å²) in [7, 11) is 0. The zero-order valence-electron chi connectivity index (χ0n) is 17.4. The van der Waals surface area contributed by atoms with Crippen molar-refractivity contribution < 1.29 is 18.3 Å². The molecule has 30 heavy (non-hydrogen) atoms. The molecular weight excluding hydrogens is 385 g/mol. The fraction of sp³-hybridized carbons (Fsp3) is 0.538. The van der Waals surface area contributed by atoms with Crippen LogP contribution in [-0.4, -0.2) is 11.2 Å². The number of rotatable bonds is 5. The van der Waals surface area contributed by atoms with E-state index in [1.807, 2.05) is 24.3 Å². The van der Waals surface area contributed by atoms with Gasteiger partial charge < -0.3 is 5.11 Å². The average Bonchev–Trinajstić information content (AvgIpc) is 2.77. The normalized spacial score (nSPS) is 27.2. The van der Waals surface area contributed by atoms with E-state index < -0.39 is 17.5 Å². The highest BCUT2D eigenvalue weighted by Crippen LogP contribution is 2.41. The minimum atomic E-state index is -1.42. The molecule has 0 atom stereocenters. The van der Waals surface area contributed by atoms with E-state index in [-0.39, 0.29) is 6.10 Å². The molecule has 0 amide bonds. The Bertz CT molecular complexity index is 809. The molecular formula is C26H31F3O. The monoisotopic (exact) mass is 416 g/mol. The number of hydrogen-bond acceptors (Lipinski definition) is 1. The number of benzene rings is 2. The maximum absolute atomic E-state index is 13.5. The highest BCUT2D eigenvalue weighted by atomic mass is 19.2. The molecule has 0 saturated heterocycles. The molecule has 4 heteroatoms. The first-order chi connectivity index (χ1) is 14.5. The summed E-state index contributed by atoms with van der Waals surface area (Å²) in [5.74, 6) is -1.29. The fourth-order valence-electron chi connectivity index (χ4n) is 5.48. The summed E-state index contributed by atoms with van der Waals surface area (Å²) in [5.41, 5.74) is 2.27. The van der Waals surface area contributed by atoms with Crippen LogP contribution in [-0.2, 0) is 6.42 Å². The molecule has 162 valence electrons.